The quantitative estimate of drug-likeness (QED) is 0.488. The molecule has 1 aromatic carbocycles. The summed E-state index contributed by atoms with van der Waals surface area (Å²) in [6.45, 7) is 0. The Labute approximate surface area is 168 Å². The van der Waals surface area contributed by atoms with Crippen LogP contribution in [-0.4, -0.2) is 41.9 Å². The minimum atomic E-state index is -5.15. The number of aromatic nitrogens is 4. The van der Waals surface area contributed by atoms with Crippen molar-refractivity contribution in [3.63, 3.8) is 0 Å². The average molecular weight is 440 g/mol. The van der Waals surface area contributed by atoms with Gasteiger partial charge in [0.05, 0.1) is 16.8 Å². The molecule has 2 N–H and O–H groups in total. The molecule has 0 aliphatic heterocycles. The monoisotopic (exact) mass is 440 g/mol. The van der Waals surface area contributed by atoms with E-state index in [1.807, 2.05) is 24.3 Å². The molecule has 150 valence electrons. The Morgan fingerprint density at radius 1 is 1.24 bits per heavy atom. The molecule has 1 atom stereocenters. The van der Waals surface area contributed by atoms with E-state index >= 15 is 0 Å². The summed E-state index contributed by atoms with van der Waals surface area (Å²) >= 11 is 1.71. The van der Waals surface area contributed by atoms with Crippen molar-refractivity contribution in [1.29, 1.82) is 0 Å². The van der Waals surface area contributed by atoms with Gasteiger partial charge in [-0.3, -0.25) is 9.20 Å². The van der Waals surface area contributed by atoms with Gasteiger partial charge in [0, 0.05) is 11.1 Å². The van der Waals surface area contributed by atoms with Crippen LogP contribution in [0.1, 0.15) is 11.3 Å². The van der Waals surface area contributed by atoms with E-state index in [-0.39, 0.29) is 4.34 Å². The maximum atomic E-state index is 13.3. The number of hydrogen-bond donors (Lipinski definition) is 2. The average Bonchev–Trinajstić information content (AvgIpc) is 3.29. The number of pyridine rings is 1. The van der Waals surface area contributed by atoms with E-state index < -0.39 is 29.0 Å². The molecule has 0 aliphatic rings. The maximum absolute atomic E-state index is 13.3. The fourth-order valence-electron chi connectivity index (χ4n) is 2.79. The third-order valence-corrected chi connectivity index (χ3v) is 6.43. The molecule has 7 nitrogen and oxygen atoms in total. The second kappa shape index (κ2) is 6.97. The topological polar surface area (TPSA) is 101 Å². The van der Waals surface area contributed by atoms with Gasteiger partial charge < -0.3 is 10.2 Å². The summed E-state index contributed by atoms with van der Waals surface area (Å²) in [5.74, 6) is -1.76. The lowest BCUT2D eigenvalue weighted by Crippen LogP contribution is -2.43. The Morgan fingerprint density at radius 3 is 2.72 bits per heavy atom. The number of aliphatic hydroxyl groups is 1. The number of benzene rings is 1. The molecular formula is C17H11F3N4O3S2. The second-order valence-electron chi connectivity index (χ2n) is 6.13. The van der Waals surface area contributed by atoms with Gasteiger partial charge >= 0.3 is 12.1 Å². The van der Waals surface area contributed by atoms with Crippen LogP contribution in [0.15, 0.2) is 52.1 Å². The predicted molar refractivity (Wildman–Crippen MR) is 98.9 cm³/mol. The molecule has 0 saturated heterocycles. The summed E-state index contributed by atoms with van der Waals surface area (Å²) in [5, 5.41) is 27.6. The number of rotatable bonds is 5. The van der Waals surface area contributed by atoms with Crippen LogP contribution in [0.2, 0.25) is 0 Å². The molecule has 0 fully saturated rings. The van der Waals surface area contributed by atoms with E-state index in [2.05, 4.69) is 15.2 Å². The Balaban J connectivity index is 1.67. The molecule has 0 amide bonds. The lowest BCUT2D eigenvalue weighted by Gasteiger charge is -2.27. The fraction of sp³-hybridized carbons (Fsp3) is 0.176. The van der Waals surface area contributed by atoms with Gasteiger partial charge in [-0.1, -0.05) is 17.8 Å². The number of aliphatic carboxylic acids is 1. The van der Waals surface area contributed by atoms with Gasteiger partial charge in [-0.2, -0.15) is 13.2 Å². The van der Waals surface area contributed by atoms with Crippen molar-refractivity contribution in [3.8, 4) is 0 Å². The summed E-state index contributed by atoms with van der Waals surface area (Å²) in [5.41, 5.74) is -2.03. The zero-order chi connectivity index (χ0) is 20.8. The SMILES string of the molecule is O=C(O)CC(O)(c1cnc(Sc2ccc3ccc4nncn4c3c2)s1)C(F)(F)F. The van der Waals surface area contributed by atoms with Gasteiger partial charge in [0.25, 0.3) is 0 Å². The van der Waals surface area contributed by atoms with Crippen molar-refractivity contribution < 1.29 is 28.2 Å². The highest BCUT2D eigenvalue weighted by molar-refractivity contribution is 8.01. The minimum Gasteiger partial charge on any atom is -0.481 e. The largest absolute Gasteiger partial charge is 0.481 e. The van der Waals surface area contributed by atoms with Crippen LogP contribution < -0.4 is 0 Å². The third kappa shape index (κ3) is 3.54. The Hall–Kier alpha value is -2.70. The van der Waals surface area contributed by atoms with Crippen LogP contribution in [-0.2, 0) is 10.4 Å². The molecular weight excluding hydrogens is 429 g/mol. The van der Waals surface area contributed by atoms with E-state index in [0.29, 0.717) is 21.9 Å². The maximum Gasteiger partial charge on any atom is 0.422 e. The van der Waals surface area contributed by atoms with Crippen LogP contribution in [0.4, 0.5) is 13.2 Å². The number of carboxylic acids is 1. The minimum absolute atomic E-state index is 0.239. The molecule has 29 heavy (non-hydrogen) atoms. The first kappa shape index (κ1) is 19.6. The van der Waals surface area contributed by atoms with E-state index in [1.54, 1.807) is 16.8 Å². The first-order valence-electron chi connectivity index (χ1n) is 8.05. The van der Waals surface area contributed by atoms with Crippen molar-refractivity contribution >= 4 is 45.6 Å². The smallest absolute Gasteiger partial charge is 0.422 e. The number of nitrogens with zero attached hydrogens (tertiary/aromatic N) is 4. The first-order valence-corrected chi connectivity index (χ1v) is 9.68. The number of hydrogen-bond acceptors (Lipinski definition) is 7. The van der Waals surface area contributed by atoms with Gasteiger partial charge in [-0.15, -0.1) is 21.5 Å². The van der Waals surface area contributed by atoms with Crippen LogP contribution in [0, 0.1) is 0 Å². The van der Waals surface area contributed by atoms with Crippen LogP contribution in [0.5, 0.6) is 0 Å². The Kier molecular flexibility index (Phi) is 4.71. The van der Waals surface area contributed by atoms with Crippen molar-refractivity contribution in [2.75, 3.05) is 0 Å². The highest BCUT2D eigenvalue weighted by atomic mass is 32.2. The zero-order valence-corrected chi connectivity index (χ0v) is 15.9. The van der Waals surface area contributed by atoms with E-state index in [1.165, 1.54) is 0 Å². The molecule has 3 aromatic heterocycles. The van der Waals surface area contributed by atoms with Crippen molar-refractivity contribution in [1.82, 2.24) is 19.6 Å². The molecule has 0 aliphatic carbocycles. The zero-order valence-electron chi connectivity index (χ0n) is 14.3. The lowest BCUT2D eigenvalue weighted by atomic mass is 9.98. The van der Waals surface area contributed by atoms with Crippen LogP contribution in [0.25, 0.3) is 16.6 Å². The van der Waals surface area contributed by atoms with E-state index in [9.17, 15) is 23.1 Å². The van der Waals surface area contributed by atoms with E-state index in [0.717, 1.165) is 28.9 Å². The molecule has 0 spiro atoms. The van der Waals surface area contributed by atoms with Gasteiger partial charge in [-0.05, 0) is 29.7 Å². The molecule has 0 bridgehead atoms. The molecule has 12 heteroatoms. The molecule has 4 aromatic rings. The highest BCUT2D eigenvalue weighted by Gasteiger charge is 2.57. The van der Waals surface area contributed by atoms with Gasteiger partial charge in [0.2, 0.25) is 5.60 Å². The third-order valence-electron chi connectivity index (χ3n) is 4.22. The normalized spacial score (nSPS) is 14.3. The number of carboxylic acid groups (broad SMARTS) is 1. The predicted octanol–water partition coefficient (Wildman–Crippen LogP) is 3.71. The van der Waals surface area contributed by atoms with Crippen molar-refractivity contribution in [3.05, 3.63) is 47.7 Å². The van der Waals surface area contributed by atoms with Crippen LogP contribution >= 0.6 is 23.1 Å². The summed E-state index contributed by atoms with van der Waals surface area (Å²) in [7, 11) is 0. The number of thiazole rings is 1. The van der Waals surface area contributed by atoms with Crippen LogP contribution in [0.3, 0.4) is 0 Å². The van der Waals surface area contributed by atoms with E-state index in [4.69, 9.17) is 5.11 Å². The van der Waals surface area contributed by atoms with Crippen molar-refractivity contribution in [2.45, 2.75) is 27.4 Å². The highest BCUT2D eigenvalue weighted by Crippen LogP contribution is 2.45. The molecule has 1 unspecified atom stereocenters. The Bertz CT molecular complexity index is 1220. The van der Waals surface area contributed by atoms with Gasteiger partial charge in [0.1, 0.15) is 6.33 Å². The fourth-order valence-corrected chi connectivity index (χ4v) is 4.88. The number of halogens is 3. The second-order valence-corrected chi connectivity index (χ2v) is 8.49. The molecule has 4 rings (SSSR count). The summed E-state index contributed by atoms with van der Waals surface area (Å²) < 4.78 is 42.0. The number of alkyl halides is 3. The molecule has 3 heterocycles. The summed E-state index contributed by atoms with van der Waals surface area (Å²) in [6.07, 6.45) is -4.22. The summed E-state index contributed by atoms with van der Waals surface area (Å²) in [4.78, 5) is 14.9. The molecule has 0 saturated carbocycles. The standard InChI is InChI=1S/C17H11F3N4O3S2/c18-17(19,20)16(27,6-14(25)26)12-7-21-15(29-12)28-10-3-1-9-2-4-13-23-22-8-24(13)11(9)5-10/h1-5,7-8,27H,6H2,(H,25,26). The van der Waals surface area contributed by atoms with Gasteiger partial charge in [-0.25, -0.2) is 4.98 Å². The molecule has 0 radical (unpaired) electrons. The number of carbonyl (C=O) groups is 1. The van der Waals surface area contributed by atoms with Gasteiger partial charge in [0.15, 0.2) is 9.99 Å². The van der Waals surface area contributed by atoms with Crippen molar-refractivity contribution in [2.24, 2.45) is 0 Å². The Morgan fingerprint density at radius 2 is 2.00 bits per heavy atom. The number of fused-ring (bicyclic) bond motifs is 3. The summed E-state index contributed by atoms with van der Waals surface area (Å²) in [6, 6.07) is 9.16. The first-order chi connectivity index (χ1) is 13.7. The lowest BCUT2D eigenvalue weighted by molar-refractivity contribution is -0.267.